The number of hydrogen-bond acceptors (Lipinski definition) is 1. The van der Waals surface area contributed by atoms with Crippen molar-refractivity contribution in [3.63, 3.8) is 0 Å². The molecule has 0 unspecified atom stereocenters. The van der Waals surface area contributed by atoms with Crippen molar-refractivity contribution in [3.05, 3.63) is 0 Å². The summed E-state index contributed by atoms with van der Waals surface area (Å²) in [6.07, 6.45) is 0. The summed E-state index contributed by atoms with van der Waals surface area (Å²) in [7, 11) is 0. The second kappa shape index (κ2) is 30.0. The van der Waals surface area contributed by atoms with E-state index in [1.165, 1.54) is 0 Å². The molecule has 0 atom stereocenters. The third-order valence-electron chi connectivity index (χ3n) is 0. The zero-order chi connectivity index (χ0) is 0. The maximum absolute atomic E-state index is 0. The second-order valence-electron chi connectivity index (χ2n) is 0. The van der Waals surface area contributed by atoms with E-state index in [-0.39, 0.29) is 51.4 Å². The fraction of sp³-hybridized carbons (Fsp3) is 0. The summed E-state index contributed by atoms with van der Waals surface area (Å²) in [5.74, 6) is 0. The van der Waals surface area contributed by atoms with Gasteiger partial charge in [0.25, 0.3) is 0 Å². The average molecular weight is 158 g/mol. The number of rotatable bonds is 0. The molecule has 0 aliphatic heterocycles. The first-order chi connectivity index (χ1) is 0. The molecule has 27 valence electrons. The molecule has 0 heterocycles. The Morgan fingerprint density at radius 2 is 1.00 bits per heavy atom. The van der Waals surface area contributed by atoms with E-state index < -0.39 is 0 Å². The maximum atomic E-state index is 0. The van der Waals surface area contributed by atoms with Gasteiger partial charge in [0.05, 0.1) is 0 Å². The summed E-state index contributed by atoms with van der Waals surface area (Å²) < 4.78 is 0. The smallest absolute Gasteiger partial charge is 0.187 e. The summed E-state index contributed by atoms with van der Waals surface area (Å²) >= 11 is 0. The van der Waals surface area contributed by atoms with E-state index >= 15 is 0 Å². The van der Waals surface area contributed by atoms with E-state index in [2.05, 4.69) is 0 Å². The van der Waals surface area contributed by atoms with Crippen molar-refractivity contribution >= 4 is 17.4 Å². The first kappa shape index (κ1) is 64.2. The first-order valence-corrected chi connectivity index (χ1v) is 0. The van der Waals surface area contributed by atoms with E-state index in [1.807, 2.05) is 0 Å². The van der Waals surface area contributed by atoms with Gasteiger partial charge in [0, 0.05) is 22.4 Å². The largest absolute Gasteiger partial charge is 0.412 e. The minimum absolute atomic E-state index is 0. The quantitative estimate of drug-likeness (QED) is 0.413. The van der Waals surface area contributed by atoms with Crippen molar-refractivity contribution in [2.45, 2.75) is 0 Å². The molecule has 0 aliphatic carbocycles. The third kappa shape index (κ3) is 10.8. The van der Waals surface area contributed by atoms with Gasteiger partial charge in [-0.25, -0.2) is 0 Å². The first-order valence-electron chi connectivity index (χ1n) is 0. The molecular formula is H8AlNNbO. The van der Waals surface area contributed by atoms with Crippen LogP contribution < -0.4 is 6.15 Å². The molecule has 2 nitrogen and oxygen atoms in total. The van der Waals surface area contributed by atoms with Gasteiger partial charge in [0.15, 0.2) is 17.4 Å². The Labute approximate surface area is 51.5 Å². The molecule has 0 saturated carbocycles. The van der Waals surface area contributed by atoms with Crippen molar-refractivity contribution in [1.82, 2.24) is 6.15 Å². The van der Waals surface area contributed by atoms with Crippen LogP contribution >= 0.6 is 0 Å². The van der Waals surface area contributed by atoms with Crippen LogP contribution in [0.1, 0.15) is 0 Å². The van der Waals surface area contributed by atoms with Gasteiger partial charge < -0.3 is 11.6 Å². The topological polar surface area (TPSA) is 66.5 Å². The second-order valence-corrected chi connectivity index (χ2v) is 0. The van der Waals surface area contributed by atoms with E-state index in [1.54, 1.807) is 0 Å². The summed E-state index contributed by atoms with van der Waals surface area (Å²) in [6, 6.07) is 0. The molecule has 0 rings (SSSR count). The van der Waals surface area contributed by atoms with Crippen LogP contribution in [0.25, 0.3) is 0 Å². The van der Waals surface area contributed by atoms with Gasteiger partial charge >= 0.3 is 0 Å². The molecule has 0 saturated heterocycles. The fourth-order valence-corrected chi connectivity index (χ4v) is 0. The zero-order valence-electron chi connectivity index (χ0n) is 1.65. The van der Waals surface area contributed by atoms with Crippen LogP contribution in [-0.2, 0) is 22.4 Å². The molecule has 4 heavy (non-hydrogen) atoms. The Kier molecular flexibility index (Phi) is 482. The van der Waals surface area contributed by atoms with Gasteiger partial charge in [-0.05, 0) is 0 Å². The van der Waals surface area contributed by atoms with Crippen molar-refractivity contribution in [2.75, 3.05) is 0 Å². The molecule has 0 bridgehead atoms. The Balaban J connectivity index is 0. The summed E-state index contributed by atoms with van der Waals surface area (Å²) in [4.78, 5) is 0. The van der Waals surface area contributed by atoms with Gasteiger partial charge in [-0.2, -0.15) is 0 Å². The average Bonchev–Trinajstić information content (AvgIpc) is 0. The van der Waals surface area contributed by atoms with Crippen LogP contribution in [0.3, 0.4) is 0 Å². The number of hydrogen-bond donors (Lipinski definition) is 1. The molecule has 1 radical (unpaired) electrons. The zero-order valence-corrected chi connectivity index (χ0v) is 3.85. The minimum atomic E-state index is 0. The Morgan fingerprint density at radius 3 is 1.00 bits per heavy atom. The van der Waals surface area contributed by atoms with Crippen LogP contribution in [0, 0.1) is 0 Å². The van der Waals surface area contributed by atoms with Crippen LogP contribution in [0.5, 0.6) is 0 Å². The Bertz CT molecular complexity index is 8.00. The summed E-state index contributed by atoms with van der Waals surface area (Å²) in [5.41, 5.74) is 0. The van der Waals surface area contributed by atoms with Gasteiger partial charge in [0.1, 0.15) is 0 Å². The maximum Gasteiger partial charge on any atom is 0.187 e. The molecule has 4 heteroatoms. The van der Waals surface area contributed by atoms with Gasteiger partial charge in [-0.3, -0.25) is 0 Å². The third-order valence-corrected chi connectivity index (χ3v) is 0. The molecule has 0 amide bonds. The fourth-order valence-electron chi connectivity index (χ4n) is 0. The molecule has 0 aromatic rings. The molecule has 5 N–H and O–H groups in total. The summed E-state index contributed by atoms with van der Waals surface area (Å²) in [5, 5.41) is 0. The van der Waals surface area contributed by atoms with E-state index in [4.69, 9.17) is 0 Å². The molecule has 0 aromatic carbocycles. The predicted octanol–water partition coefficient (Wildman–Crippen LogP) is -1.85. The van der Waals surface area contributed by atoms with Crippen LogP contribution in [0.2, 0.25) is 0 Å². The van der Waals surface area contributed by atoms with Crippen LogP contribution in [-0.4, -0.2) is 22.8 Å². The monoisotopic (exact) mass is 158 g/mol. The van der Waals surface area contributed by atoms with E-state index in [9.17, 15) is 0 Å². The predicted molar refractivity (Wildman–Crippen MR) is 18.6 cm³/mol. The Morgan fingerprint density at radius 1 is 1.00 bits per heavy atom. The van der Waals surface area contributed by atoms with Crippen LogP contribution in [0.4, 0.5) is 0 Å². The van der Waals surface area contributed by atoms with Gasteiger partial charge in [-0.1, -0.05) is 0 Å². The molecule has 0 spiro atoms. The molecule has 0 aliphatic rings. The van der Waals surface area contributed by atoms with Gasteiger partial charge in [0.2, 0.25) is 0 Å². The normalized spacial score (nSPS) is 0. The molecule has 0 fully saturated rings. The SMILES string of the molecule is N.O.[AlH3].[Nb]. The van der Waals surface area contributed by atoms with Crippen molar-refractivity contribution < 1.29 is 27.9 Å². The Hall–Kier alpha value is 1.19. The van der Waals surface area contributed by atoms with Crippen molar-refractivity contribution in [3.8, 4) is 0 Å². The molecular weight excluding hydrogens is 150 g/mol. The van der Waals surface area contributed by atoms with E-state index in [0.29, 0.717) is 0 Å². The van der Waals surface area contributed by atoms with E-state index in [0.717, 1.165) is 0 Å². The van der Waals surface area contributed by atoms with Crippen molar-refractivity contribution in [1.29, 1.82) is 0 Å². The minimum Gasteiger partial charge on any atom is -0.412 e. The standard InChI is InChI=1S/Al.H3N.Nb.H2O.3H/h;1H3;;1H2;;;. The van der Waals surface area contributed by atoms with Crippen molar-refractivity contribution in [2.24, 2.45) is 0 Å². The van der Waals surface area contributed by atoms with Crippen LogP contribution in [0.15, 0.2) is 0 Å². The summed E-state index contributed by atoms with van der Waals surface area (Å²) in [6.45, 7) is 0. The molecule has 0 aromatic heterocycles. The van der Waals surface area contributed by atoms with Gasteiger partial charge in [-0.15, -0.1) is 0 Å².